The first kappa shape index (κ1) is 10.7. The summed E-state index contributed by atoms with van der Waals surface area (Å²) < 4.78 is 9.11. The second-order valence-electron chi connectivity index (χ2n) is 2.28. The number of methoxy groups -OCH3 is 1. The molecule has 4 heteroatoms. The van der Waals surface area contributed by atoms with Gasteiger partial charge in [0.1, 0.15) is 12.4 Å². The first-order valence-electron chi connectivity index (χ1n) is 3.46. The number of Topliss-reactive ketones (excluding diaryl/α,β-unsaturated/α-hetero) is 1. The molecule has 0 aliphatic carbocycles. The number of carbonyl (C=O) groups is 2. The Bertz CT molecular complexity index is 201. The molecule has 12 heavy (non-hydrogen) atoms. The van der Waals surface area contributed by atoms with Gasteiger partial charge in [-0.25, -0.2) is 4.79 Å². The molecule has 0 saturated heterocycles. The van der Waals surface area contributed by atoms with E-state index in [2.05, 4.69) is 9.47 Å². The van der Waals surface area contributed by atoms with E-state index in [-0.39, 0.29) is 11.8 Å². The van der Waals surface area contributed by atoms with Crippen LogP contribution >= 0.6 is 0 Å². The molecule has 0 amide bonds. The van der Waals surface area contributed by atoms with Crippen molar-refractivity contribution in [1.82, 2.24) is 0 Å². The summed E-state index contributed by atoms with van der Waals surface area (Å²) in [5.41, 5.74) is 0. The average molecular weight is 172 g/mol. The Labute approximate surface area is 71.2 Å². The highest BCUT2D eigenvalue weighted by molar-refractivity contribution is 5.88. The fourth-order valence-electron chi connectivity index (χ4n) is 0.514. The van der Waals surface area contributed by atoms with Crippen LogP contribution in [0.25, 0.3) is 0 Å². The van der Waals surface area contributed by atoms with E-state index in [4.69, 9.17) is 0 Å². The number of ketones is 1. The maximum Gasteiger partial charge on any atom is 0.373 e. The van der Waals surface area contributed by atoms with Gasteiger partial charge in [-0.1, -0.05) is 0 Å². The van der Waals surface area contributed by atoms with Gasteiger partial charge in [0.2, 0.25) is 5.76 Å². The number of rotatable bonds is 1. The summed E-state index contributed by atoms with van der Waals surface area (Å²) in [6.45, 7) is 3.40. The first-order valence-corrected chi connectivity index (χ1v) is 3.46. The van der Waals surface area contributed by atoms with Crippen LogP contribution in [0.15, 0.2) is 11.8 Å². The second-order valence-corrected chi connectivity index (χ2v) is 2.28. The van der Waals surface area contributed by atoms with Gasteiger partial charge in [-0.15, -0.1) is 0 Å². The highest BCUT2D eigenvalue weighted by Crippen LogP contribution is 2.05. The maximum absolute atomic E-state index is 10.4. The topological polar surface area (TPSA) is 52.6 Å². The molecule has 68 valence electrons. The van der Waals surface area contributed by atoms with Crippen molar-refractivity contribution in [3.8, 4) is 0 Å². The van der Waals surface area contributed by atoms with Gasteiger partial charge in [0, 0.05) is 6.08 Å². The Balaban J connectivity index is 0.000000261. The molecule has 0 aromatic rings. The van der Waals surface area contributed by atoms with E-state index in [0.717, 1.165) is 0 Å². The van der Waals surface area contributed by atoms with E-state index in [1.165, 1.54) is 21.0 Å². The van der Waals surface area contributed by atoms with Gasteiger partial charge in [0.05, 0.1) is 7.11 Å². The highest BCUT2D eigenvalue weighted by atomic mass is 16.6. The summed E-state index contributed by atoms with van der Waals surface area (Å²) in [6.07, 6.45) is 1.60. The van der Waals surface area contributed by atoms with Gasteiger partial charge in [-0.2, -0.15) is 0 Å². The monoisotopic (exact) mass is 172 g/mol. The molecule has 0 radical (unpaired) electrons. The fraction of sp³-hybridized carbons (Fsp3) is 0.500. The Kier molecular flexibility index (Phi) is 4.76. The summed E-state index contributed by atoms with van der Waals surface area (Å²) in [7, 11) is 1.44. The number of carbonyl (C=O) groups excluding carboxylic acids is 2. The van der Waals surface area contributed by atoms with Crippen LogP contribution < -0.4 is 0 Å². The molecule has 0 aromatic heterocycles. The SMILES string of the molecule is CC(C)=O.COC1=CCOC1=O. The summed E-state index contributed by atoms with van der Waals surface area (Å²) in [6, 6.07) is 0. The maximum atomic E-state index is 10.4. The number of cyclic esters (lactones) is 1. The lowest BCUT2D eigenvalue weighted by atomic mass is 10.5. The van der Waals surface area contributed by atoms with Crippen LogP contribution in [0, 0.1) is 0 Å². The Morgan fingerprint density at radius 3 is 2.25 bits per heavy atom. The zero-order valence-corrected chi connectivity index (χ0v) is 7.42. The van der Waals surface area contributed by atoms with Crippen molar-refractivity contribution < 1.29 is 19.1 Å². The van der Waals surface area contributed by atoms with Crippen molar-refractivity contribution in [3.05, 3.63) is 11.8 Å². The zero-order chi connectivity index (χ0) is 9.56. The van der Waals surface area contributed by atoms with Crippen LogP contribution in [0.5, 0.6) is 0 Å². The molecule has 4 nitrogen and oxygen atoms in total. The van der Waals surface area contributed by atoms with E-state index in [0.29, 0.717) is 12.4 Å². The third kappa shape index (κ3) is 4.49. The minimum absolute atomic E-state index is 0.167. The van der Waals surface area contributed by atoms with E-state index in [1.807, 2.05) is 0 Å². The lowest BCUT2D eigenvalue weighted by Gasteiger charge is -1.92. The minimum Gasteiger partial charge on any atom is -0.490 e. The van der Waals surface area contributed by atoms with Crippen LogP contribution in [0.4, 0.5) is 0 Å². The summed E-state index contributed by atoms with van der Waals surface area (Å²) in [5, 5.41) is 0. The van der Waals surface area contributed by atoms with Crippen molar-refractivity contribution in [2.75, 3.05) is 13.7 Å². The molecule has 0 atom stereocenters. The summed E-state index contributed by atoms with van der Waals surface area (Å²) in [5.74, 6) is 0.109. The van der Waals surface area contributed by atoms with Crippen LogP contribution in [0.2, 0.25) is 0 Å². The van der Waals surface area contributed by atoms with Crippen molar-refractivity contribution in [1.29, 1.82) is 0 Å². The third-order valence-corrected chi connectivity index (χ3v) is 0.904. The standard InChI is InChI=1S/C5H6O3.C3H6O/c1-7-4-2-3-8-5(4)6;1-3(2)4/h2H,3H2,1H3;1-2H3. The molecule has 1 aliphatic heterocycles. The molecule has 0 saturated carbocycles. The molecule has 1 aliphatic rings. The van der Waals surface area contributed by atoms with E-state index >= 15 is 0 Å². The predicted octanol–water partition coefficient (Wildman–Crippen LogP) is 0.669. The highest BCUT2D eigenvalue weighted by Gasteiger charge is 2.15. The van der Waals surface area contributed by atoms with Crippen LogP contribution in [-0.2, 0) is 19.1 Å². The van der Waals surface area contributed by atoms with Gasteiger partial charge in [0.25, 0.3) is 0 Å². The predicted molar refractivity (Wildman–Crippen MR) is 42.4 cm³/mol. The lowest BCUT2D eigenvalue weighted by molar-refractivity contribution is -0.138. The van der Waals surface area contributed by atoms with Crippen molar-refractivity contribution in [2.45, 2.75) is 13.8 Å². The van der Waals surface area contributed by atoms with Crippen molar-refractivity contribution in [3.63, 3.8) is 0 Å². The molecule has 0 unspecified atom stereocenters. The van der Waals surface area contributed by atoms with Crippen molar-refractivity contribution >= 4 is 11.8 Å². The Morgan fingerprint density at radius 2 is 2.08 bits per heavy atom. The Morgan fingerprint density at radius 1 is 1.58 bits per heavy atom. The van der Waals surface area contributed by atoms with Gasteiger partial charge in [-0.05, 0) is 13.8 Å². The number of hydrogen-bond acceptors (Lipinski definition) is 4. The smallest absolute Gasteiger partial charge is 0.373 e. The van der Waals surface area contributed by atoms with E-state index in [9.17, 15) is 9.59 Å². The molecule has 0 bridgehead atoms. The quantitative estimate of drug-likeness (QED) is 0.545. The van der Waals surface area contributed by atoms with Gasteiger partial charge < -0.3 is 14.3 Å². The first-order chi connectivity index (χ1) is 5.57. The summed E-state index contributed by atoms with van der Waals surface area (Å²) >= 11 is 0. The largest absolute Gasteiger partial charge is 0.490 e. The molecule has 1 rings (SSSR count). The van der Waals surface area contributed by atoms with Crippen LogP contribution in [0.1, 0.15) is 13.8 Å². The number of esters is 1. The average Bonchev–Trinajstić information content (AvgIpc) is 2.33. The summed E-state index contributed by atoms with van der Waals surface area (Å²) in [4.78, 5) is 19.8. The van der Waals surface area contributed by atoms with E-state index in [1.54, 1.807) is 6.08 Å². The van der Waals surface area contributed by atoms with Gasteiger partial charge >= 0.3 is 5.97 Å². The Hall–Kier alpha value is -1.32. The van der Waals surface area contributed by atoms with E-state index < -0.39 is 0 Å². The number of hydrogen-bond donors (Lipinski definition) is 0. The van der Waals surface area contributed by atoms with Gasteiger partial charge in [-0.3, -0.25) is 0 Å². The van der Waals surface area contributed by atoms with Crippen LogP contribution in [0.3, 0.4) is 0 Å². The molecule has 0 fully saturated rings. The minimum atomic E-state index is -0.368. The molecule has 0 aromatic carbocycles. The van der Waals surface area contributed by atoms with Crippen molar-refractivity contribution in [2.24, 2.45) is 0 Å². The second kappa shape index (κ2) is 5.35. The lowest BCUT2D eigenvalue weighted by Crippen LogP contribution is -1.99. The third-order valence-electron chi connectivity index (χ3n) is 0.904. The molecular formula is C8H12O4. The number of ether oxygens (including phenoxy) is 2. The fourth-order valence-corrected chi connectivity index (χ4v) is 0.514. The molecule has 0 spiro atoms. The molecular weight excluding hydrogens is 160 g/mol. The molecule has 0 N–H and O–H groups in total. The normalized spacial score (nSPS) is 13.9. The molecule has 1 heterocycles. The van der Waals surface area contributed by atoms with Gasteiger partial charge in [0.15, 0.2) is 0 Å². The van der Waals surface area contributed by atoms with Crippen LogP contribution in [-0.4, -0.2) is 25.5 Å². The zero-order valence-electron chi connectivity index (χ0n) is 7.42.